The van der Waals surface area contributed by atoms with Crippen LogP contribution in [0.3, 0.4) is 0 Å². The van der Waals surface area contributed by atoms with Crippen LogP contribution in [0.5, 0.6) is 0 Å². The number of hydrogen-bond donors (Lipinski definition) is 2. The van der Waals surface area contributed by atoms with E-state index in [9.17, 15) is 13.6 Å². The molecular weight excluding hydrogens is 284 g/mol. The Kier molecular flexibility index (Phi) is 4.17. The van der Waals surface area contributed by atoms with E-state index in [1.165, 1.54) is 19.2 Å². The molecular formula is C13H15F2N3OS. The third kappa shape index (κ3) is 2.45. The molecule has 0 radical (unpaired) electrons. The highest BCUT2D eigenvalue weighted by atomic mass is 32.1. The Bertz CT molecular complexity index is 565. The van der Waals surface area contributed by atoms with Gasteiger partial charge in [0.1, 0.15) is 11.0 Å². The van der Waals surface area contributed by atoms with Gasteiger partial charge in [0.15, 0.2) is 11.6 Å². The molecule has 0 spiro atoms. The molecule has 4 nitrogen and oxygen atoms in total. The van der Waals surface area contributed by atoms with Gasteiger partial charge in [-0.2, -0.15) is 0 Å². The van der Waals surface area contributed by atoms with Gasteiger partial charge >= 0.3 is 0 Å². The van der Waals surface area contributed by atoms with Crippen LogP contribution in [0.2, 0.25) is 0 Å². The van der Waals surface area contributed by atoms with Crippen LogP contribution in [0.15, 0.2) is 12.1 Å². The summed E-state index contributed by atoms with van der Waals surface area (Å²) in [6, 6.07) is 2.27. The van der Waals surface area contributed by atoms with Crippen molar-refractivity contribution in [3.63, 3.8) is 0 Å². The van der Waals surface area contributed by atoms with E-state index in [2.05, 4.69) is 17.5 Å². The van der Waals surface area contributed by atoms with Crippen molar-refractivity contribution in [2.75, 3.05) is 18.5 Å². The first kappa shape index (κ1) is 14.6. The molecule has 1 aromatic carbocycles. The number of hydrogen-bond acceptors (Lipinski definition) is 3. The van der Waals surface area contributed by atoms with Crippen molar-refractivity contribution in [3.8, 4) is 0 Å². The van der Waals surface area contributed by atoms with E-state index in [4.69, 9.17) is 5.73 Å². The van der Waals surface area contributed by atoms with Gasteiger partial charge in [0, 0.05) is 19.2 Å². The minimum atomic E-state index is -1.07. The fourth-order valence-electron chi connectivity index (χ4n) is 2.45. The predicted octanol–water partition coefficient (Wildman–Crippen LogP) is 1.31. The lowest BCUT2D eigenvalue weighted by Gasteiger charge is -2.26. The number of nitrogens with one attached hydrogen (secondary N) is 1. The zero-order chi connectivity index (χ0) is 14.9. The molecule has 0 saturated carbocycles. The molecule has 1 aliphatic heterocycles. The van der Waals surface area contributed by atoms with Crippen molar-refractivity contribution >= 4 is 28.8 Å². The van der Waals surface area contributed by atoms with E-state index in [1.54, 1.807) is 4.90 Å². The van der Waals surface area contributed by atoms with Gasteiger partial charge in [-0.1, -0.05) is 12.2 Å². The molecule has 3 N–H and O–H groups in total. The van der Waals surface area contributed by atoms with Crippen LogP contribution in [-0.4, -0.2) is 30.5 Å². The molecule has 108 valence electrons. The number of rotatable bonds is 3. The van der Waals surface area contributed by atoms with Crippen molar-refractivity contribution in [2.24, 2.45) is 5.73 Å². The van der Waals surface area contributed by atoms with Crippen molar-refractivity contribution in [1.82, 2.24) is 5.32 Å². The Hall–Kier alpha value is -1.76. The van der Waals surface area contributed by atoms with Gasteiger partial charge in [-0.3, -0.25) is 4.79 Å². The van der Waals surface area contributed by atoms with Gasteiger partial charge in [0.25, 0.3) is 0 Å². The van der Waals surface area contributed by atoms with Gasteiger partial charge in [-0.25, -0.2) is 8.78 Å². The number of nitrogens with zero attached hydrogens (tertiary/aromatic N) is 1. The van der Waals surface area contributed by atoms with E-state index < -0.39 is 17.7 Å². The number of anilines is 1. The van der Waals surface area contributed by atoms with Crippen molar-refractivity contribution in [3.05, 3.63) is 29.3 Å². The molecule has 0 bridgehead atoms. The summed E-state index contributed by atoms with van der Waals surface area (Å²) < 4.78 is 28.1. The number of nitrogens with two attached hydrogens (primary N) is 1. The molecule has 7 heteroatoms. The summed E-state index contributed by atoms with van der Waals surface area (Å²) in [6.45, 7) is 0.501. The third-order valence-corrected chi connectivity index (χ3v) is 3.66. The normalized spacial score (nSPS) is 18.1. The topological polar surface area (TPSA) is 58.4 Å². The van der Waals surface area contributed by atoms with Crippen LogP contribution in [0.1, 0.15) is 18.4 Å². The van der Waals surface area contributed by atoms with Crippen molar-refractivity contribution < 1.29 is 13.6 Å². The third-order valence-electron chi connectivity index (χ3n) is 3.44. The molecule has 1 fully saturated rings. The molecule has 1 atom stereocenters. The van der Waals surface area contributed by atoms with Gasteiger partial charge in [-0.05, 0) is 25.0 Å². The van der Waals surface area contributed by atoms with E-state index >= 15 is 0 Å². The van der Waals surface area contributed by atoms with Crippen LogP contribution >= 0.6 is 12.2 Å². The fourth-order valence-corrected chi connectivity index (χ4v) is 2.60. The molecule has 1 aromatic rings. The molecule has 0 aromatic heterocycles. The Morgan fingerprint density at radius 1 is 1.45 bits per heavy atom. The maximum Gasteiger partial charge on any atom is 0.242 e. The zero-order valence-corrected chi connectivity index (χ0v) is 11.8. The largest absolute Gasteiger partial charge is 0.389 e. The first-order valence-electron chi connectivity index (χ1n) is 6.23. The lowest BCUT2D eigenvalue weighted by atomic mass is 10.1. The second-order valence-electron chi connectivity index (χ2n) is 4.59. The number of carbonyl (C=O) groups excluding carboxylic acids is 1. The molecule has 1 saturated heterocycles. The minimum Gasteiger partial charge on any atom is -0.389 e. The fraction of sp³-hybridized carbons (Fsp3) is 0.385. The van der Waals surface area contributed by atoms with Gasteiger partial charge < -0.3 is 16.0 Å². The van der Waals surface area contributed by atoms with E-state index in [0.29, 0.717) is 13.0 Å². The van der Waals surface area contributed by atoms with Crippen LogP contribution in [0.25, 0.3) is 0 Å². The Morgan fingerprint density at radius 2 is 2.15 bits per heavy atom. The number of amides is 1. The van der Waals surface area contributed by atoms with Gasteiger partial charge in [0.05, 0.1) is 5.69 Å². The SMILES string of the molecule is CNC(=O)C1CCCN1c1ccc(C(N)=S)c(F)c1F. The lowest BCUT2D eigenvalue weighted by molar-refractivity contribution is -0.121. The molecule has 1 amide bonds. The van der Waals surface area contributed by atoms with Crippen LogP contribution in [0.4, 0.5) is 14.5 Å². The summed E-state index contributed by atoms with van der Waals surface area (Å²) in [5.41, 5.74) is 5.27. The number of carbonyl (C=O) groups is 1. The Balaban J connectivity index is 2.40. The summed E-state index contributed by atoms with van der Waals surface area (Å²) in [5.74, 6) is -2.30. The van der Waals surface area contributed by atoms with Crippen LogP contribution < -0.4 is 16.0 Å². The molecule has 1 aliphatic rings. The monoisotopic (exact) mass is 299 g/mol. The Morgan fingerprint density at radius 3 is 2.75 bits per heavy atom. The van der Waals surface area contributed by atoms with E-state index in [1.807, 2.05) is 0 Å². The highest BCUT2D eigenvalue weighted by Crippen LogP contribution is 2.30. The van der Waals surface area contributed by atoms with Crippen molar-refractivity contribution in [1.29, 1.82) is 0 Å². The second kappa shape index (κ2) is 5.70. The first-order chi connectivity index (χ1) is 9.47. The number of halogens is 2. The first-order valence-corrected chi connectivity index (χ1v) is 6.64. The number of likely N-dealkylation sites (N-methyl/N-ethyl adjacent to an activating group) is 1. The summed E-state index contributed by atoms with van der Waals surface area (Å²) in [5, 5.41) is 2.53. The van der Waals surface area contributed by atoms with Gasteiger partial charge in [-0.15, -0.1) is 0 Å². The summed E-state index contributed by atoms with van der Waals surface area (Å²) >= 11 is 4.66. The van der Waals surface area contributed by atoms with Crippen LogP contribution in [-0.2, 0) is 4.79 Å². The van der Waals surface area contributed by atoms with Crippen molar-refractivity contribution in [2.45, 2.75) is 18.9 Å². The molecule has 1 unspecified atom stereocenters. The Labute approximate surface area is 120 Å². The summed E-state index contributed by atoms with van der Waals surface area (Å²) in [7, 11) is 1.52. The van der Waals surface area contributed by atoms with E-state index in [0.717, 1.165) is 6.42 Å². The molecule has 2 rings (SSSR count). The molecule has 0 aliphatic carbocycles. The van der Waals surface area contributed by atoms with E-state index in [-0.39, 0.29) is 22.1 Å². The zero-order valence-electron chi connectivity index (χ0n) is 11.0. The second-order valence-corrected chi connectivity index (χ2v) is 5.03. The minimum absolute atomic E-state index is 0.0635. The molecule has 1 heterocycles. The maximum absolute atomic E-state index is 14.2. The van der Waals surface area contributed by atoms with Crippen LogP contribution in [0, 0.1) is 11.6 Å². The molecule has 20 heavy (non-hydrogen) atoms. The summed E-state index contributed by atoms with van der Waals surface area (Å²) in [6.07, 6.45) is 1.36. The standard InChI is InChI=1S/C13H15F2N3OS/c1-17-13(19)9-3-2-6-18(9)8-5-4-7(12(16)20)10(14)11(8)15/h4-5,9H,2-3,6H2,1H3,(H2,16,20)(H,17,19). The highest BCUT2D eigenvalue weighted by Gasteiger charge is 2.32. The quantitative estimate of drug-likeness (QED) is 0.826. The highest BCUT2D eigenvalue weighted by molar-refractivity contribution is 7.80. The lowest BCUT2D eigenvalue weighted by Crippen LogP contribution is -2.42. The average molecular weight is 299 g/mol. The maximum atomic E-state index is 14.2. The summed E-state index contributed by atoms with van der Waals surface area (Å²) in [4.78, 5) is 13.1. The predicted molar refractivity (Wildman–Crippen MR) is 76.7 cm³/mol. The average Bonchev–Trinajstić information content (AvgIpc) is 2.89. The van der Waals surface area contributed by atoms with Gasteiger partial charge in [0.2, 0.25) is 5.91 Å². The number of benzene rings is 1. The smallest absolute Gasteiger partial charge is 0.242 e. The number of thiocarbonyl (C=S) groups is 1.